The first-order valence-electron chi connectivity index (χ1n) is 9.06. The van der Waals surface area contributed by atoms with Gasteiger partial charge in [0, 0.05) is 0 Å². The molecular weight excluding hydrogens is 434 g/mol. The molecule has 0 fully saturated rings. The Hall–Kier alpha value is -1.18. The van der Waals surface area contributed by atoms with E-state index in [9.17, 15) is 0 Å². The third-order valence-electron chi connectivity index (χ3n) is 5.41. The molecule has 0 amide bonds. The van der Waals surface area contributed by atoms with Crippen molar-refractivity contribution in [2.45, 2.75) is 32.3 Å². The Balaban J connectivity index is 2.49. The molecule has 0 aromatic heterocycles. The second kappa shape index (κ2) is 7.60. The molecule has 0 aliphatic rings. The maximum absolute atomic E-state index is 2.90. The zero-order chi connectivity index (χ0) is 17.8. The summed E-state index contributed by atoms with van der Waals surface area (Å²) in [5.41, 5.74) is 0.610. The van der Waals surface area contributed by atoms with E-state index in [4.69, 9.17) is 0 Å². The van der Waals surface area contributed by atoms with E-state index in [-0.39, 0.29) is 0 Å². The summed E-state index contributed by atoms with van der Waals surface area (Å²) in [6.45, 7) is 4.70. The van der Waals surface area contributed by atoms with Gasteiger partial charge >= 0.3 is 166 Å². The molecule has 25 heavy (non-hydrogen) atoms. The third-order valence-corrected chi connectivity index (χ3v) is 18.8. The summed E-state index contributed by atoms with van der Waals surface area (Å²) in [5.74, 6) is 0. The Morgan fingerprint density at radius 2 is 0.880 bits per heavy atom. The Morgan fingerprint density at radius 1 is 0.600 bits per heavy atom. The average Bonchev–Trinajstić information content (AvgIpc) is 2.71. The molecule has 3 aromatic carbocycles. The molecule has 3 aromatic rings. The van der Waals surface area contributed by atoms with E-state index in [2.05, 4.69) is 127 Å². The summed E-state index contributed by atoms with van der Waals surface area (Å²) in [6.07, 6.45) is 2.35. The van der Waals surface area contributed by atoms with Gasteiger partial charge in [-0.05, 0) is 0 Å². The summed E-state index contributed by atoms with van der Waals surface area (Å²) in [6, 6.07) is 33.7. The molecule has 0 heterocycles. The molecule has 0 saturated heterocycles. The van der Waals surface area contributed by atoms with Crippen molar-refractivity contribution in [2.75, 3.05) is 0 Å². The van der Waals surface area contributed by atoms with Gasteiger partial charge in [-0.1, -0.05) is 0 Å². The Kier molecular flexibility index (Phi) is 5.65. The fourth-order valence-electron chi connectivity index (χ4n) is 4.21. The van der Waals surface area contributed by atoms with Gasteiger partial charge in [0.2, 0.25) is 0 Å². The Labute approximate surface area is 165 Å². The van der Waals surface area contributed by atoms with Gasteiger partial charge in [-0.15, -0.1) is 0 Å². The van der Waals surface area contributed by atoms with Crippen LogP contribution in [0.25, 0.3) is 0 Å². The van der Waals surface area contributed by atoms with Crippen molar-refractivity contribution in [2.24, 2.45) is 0 Å². The van der Waals surface area contributed by atoms with Crippen LogP contribution in [0.4, 0.5) is 0 Å². The van der Waals surface area contributed by atoms with Crippen LogP contribution in [-0.4, -0.2) is 5.66 Å². The van der Waals surface area contributed by atoms with E-state index in [1.807, 2.05) is 0 Å². The normalized spacial score (nSPS) is 13.4. The quantitative estimate of drug-likeness (QED) is 0.310. The average molecular weight is 460 g/mol. The van der Waals surface area contributed by atoms with E-state index in [1.54, 1.807) is 0 Å². The van der Waals surface area contributed by atoms with E-state index < -0.39 is 4.25 Å². The summed E-state index contributed by atoms with van der Waals surface area (Å²) in [7, 11) is 0. The van der Waals surface area contributed by atoms with Gasteiger partial charge in [-0.2, -0.15) is 0 Å². The van der Waals surface area contributed by atoms with Crippen LogP contribution in [-0.2, 0) is 0 Å². The van der Waals surface area contributed by atoms with Gasteiger partial charge in [-0.25, -0.2) is 0 Å². The molecule has 0 aliphatic heterocycles. The summed E-state index contributed by atoms with van der Waals surface area (Å²) in [5, 5.41) is 4.46. The van der Waals surface area contributed by atoms with Crippen LogP contribution in [0, 0.1) is 0 Å². The van der Waals surface area contributed by atoms with Crippen molar-refractivity contribution in [3.05, 3.63) is 91.0 Å². The Morgan fingerprint density at radius 3 is 1.12 bits per heavy atom. The van der Waals surface area contributed by atoms with Crippen LogP contribution >= 0.6 is 26.3 Å². The SMILES string of the molecule is CCC(CC)P(I)(c1ccccc1)(c1ccccc1)c1ccccc1. The molecule has 0 spiro atoms. The summed E-state index contributed by atoms with van der Waals surface area (Å²) >= 11 is 2.90. The standard InChI is InChI=1S/C23H26IP/c1-3-20(4-2)25(24,21-14-8-5-9-15-21,22-16-10-6-11-17-22)23-18-12-7-13-19-23/h5-20H,3-4H2,1-2H3. The first kappa shape index (κ1) is 18.6. The number of benzene rings is 3. The first-order chi connectivity index (χ1) is 12.2. The predicted octanol–water partition coefficient (Wildman–Crippen LogP) is 6.05. The van der Waals surface area contributed by atoms with Crippen LogP contribution in [0.5, 0.6) is 0 Å². The molecule has 0 atom stereocenters. The molecule has 130 valence electrons. The fourth-order valence-corrected chi connectivity index (χ4v) is 15.3. The summed E-state index contributed by atoms with van der Waals surface area (Å²) < 4.78 is -2.60. The van der Waals surface area contributed by atoms with Gasteiger partial charge in [-0.3, -0.25) is 0 Å². The van der Waals surface area contributed by atoms with Crippen molar-refractivity contribution >= 4 is 42.2 Å². The first-order valence-corrected chi connectivity index (χ1v) is 14.2. The molecule has 0 N–H and O–H groups in total. The van der Waals surface area contributed by atoms with E-state index in [0.29, 0.717) is 5.66 Å². The molecule has 3 rings (SSSR count). The van der Waals surface area contributed by atoms with Crippen LogP contribution in [0.1, 0.15) is 26.7 Å². The zero-order valence-corrected chi connectivity index (χ0v) is 18.0. The van der Waals surface area contributed by atoms with Crippen LogP contribution in [0.3, 0.4) is 0 Å². The number of rotatable bonds is 6. The van der Waals surface area contributed by atoms with Crippen LogP contribution < -0.4 is 15.9 Å². The second-order valence-corrected chi connectivity index (χ2v) is 17.0. The zero-order valence-electron chi connectivity index (χ0n) is 15.0. The monoisotopic (exact) mass is 460 g/mol. The van der Waals surface area contributed by atoms with Gasteiger partial charge < -0.3 is 0 Å². The topological polar surface area (TPSA) is 0 Å². The van der Waals surface area contributed by atoms with E-state index in [0.717, 1.165) is 0 Å². The predicted molar refractivity (Wildman–Crippen MR) is 124 cm³/mol. The molecule has 0 unspecified atom stereocenters. The van der Waals surface area contributed by atoms with Crippen molar-refractivity contribution in [1.29, 1.82) is 0 Å². The minimum atomic E-state index is -2.60. The van der Waals surface area contributed by atoms with Crippen molar-refractivity contribution in [3.63, 3.8) is 0 Å². The molecule has 2 heteroatoms. The van der Waals surface area contributed by atoms with Crippen LogP contribution in [0.2, 0.25) is 0 Å². The molecule has 0 bridgehead atoms. The van der Waals surface area contributed by atoms with Crippen molar-refractivity contribution in [3.8, 4) is 0 Å². The van der Waals surface area contributed by atoms with Gasteiger partial charge in [0.25, 0.3) is 0 Å². The molecular formula is C23H26IP. The van der Waals surface area contributed by atoms with Gasteiger partial charge in [0.05, 0.1) is 0 Å². The van der Waals surface area contributed by atoms with Gasteiger partial charge in [0.15, 0.2) is 0 Å². The summed E-state index contributed by atoms with van der Waals surface area (Å²) in [4.78, 5) is 0. The van der Waals surface area contributed by atoms with Crippen molar-refractivity contribution < 1.29 is 0 Å². The fraction of sp³-hybridized carbons (Fsp3) is 0.217. The molecule has 0 aliphatic carbocycles. The third kappa shape index (κ3) is 2.86. The number of hydrogen-bond donors (Lipinski definition) is 0. The van der Waals surface area contributed by atoms with E-state index >= 15 is 0 Å². The molecule has 0 saturated carbocycles. The number of hydrogen-bond acceptors (Lipinski definition) is 0. The van der Waals surface area contributed by atoms with Crippen molar-refractivity contribution in [1.82, 2.24) is 0 Å². The maximum atomic E-state index is 2.90. The number of halogens is 1. The molecule has 0 nitrogen and oxygen atoms in total. The Bertz CT molecular complexity index is 696. The van der Waals surface area contributed by atoms with Gasteiger partial charge in [0.1, 0.15) is 0 Å². The van der Waals surface area contributed by atoms with Crippen LogP contribution in [0.15, 0.2) is 91.0 Å². The minimum absolute atomic E-state index is 0.610. The second-order valence-electron chi connectivity index (χ2n) is 6.55. The molecule has 0 radical (unpaired) electrons. The van der Waals surface area contributed by atoms with E-state index in [1.165, 1.54) is 28.8 Å².